The smallest absolute Gasteiger partial charge is 0.353 e. The number of hydrogen-bond acceptors (Lipinski definition) is 3. The molecular weight excluding hydrogens is 230 g/mol. The van der Waals surface area contributed by atoms with Gasteiger partial charge in [0.25, 0.3) is 0 Å². The van der Waals surface area contributed by atoms with Crippen LogP contribution in [-0.4, -0.2) is 35.4 Å². The predicted molar refractivity (Wildman–Crippen MR) is 70.0 cm³/mol. The van der Waals surface area contributed by atoms with Crippen LogP contribution in [0.2, 0.25) is 0 Å². The first kappa shape index (κ1) is 12.2. The molecule has 94 valence electrons. The van der Waals surface area contributed by atoms with Crippen LogP contribution in [0.5, 0.6) is 0 Å². The Bertz CT molecular complexity index is 588. The van der Waals surface area contributed by atoms with E-state index in [9.17, 15) is 4.79 Å². The monoisotopic (exact) mass is 245 g/mol. The van der Waals surface area contributed by atoms with E-state index in [1.54, 1.807) is 0 Å². The number of nitrogens with one attached hydrogen (secondary N) is 1. The molecule has 0 atom stereocenters. The summed E-state index contributed by atoms with van der Waals surface area (Å²) < 4.78 is 0. The summed E-state index contributed by atoms with van der Waals surface area (Å²) in [7, 11) is 3.94. The molecule has 5 nitrogen and oxygen atoms in total. The molecule has 1 aromatic carbocycles. The fourth-order valence-electron chi connectivity index (χ4n) is 1.83. The van der Waals surface area contributed by atoms with Gasteiger partial charge >= 0.3 is 5.97 Å². The molecule has 0 bridgehead atoms. The van der Waals surface area contributed by atoms with E-state index in [1.165, 1.54) is 6.07 Å². The van der Waals surface area contributed by atoms with Crippen molar-refractivity contribution in [3.8, 4) is 11.3 Å². The summed E-state index contributed by atoms with van der Waals surface area (Å²) in [6.45, 7) is 2.03. The van der Waals surface area contributed by atoms with E-state index < -0.39 is 5.97 Å². The molecule has 2 rings (SSSR count). The van der Waals surface area contributed by atoms with Gasteiger partial charge in [0, 0.05) is 25.3 Å². The van der Waals surface area contributed by atoms with E-state index in [0.717, 1.165) is 16.8 Å². The highest BCUT2D eigenvalue weighted by Crippen LogP contribution is 2.26. The third kappa shape index (κ3) is 2.20. The molecule has 0 aliphatic carbocycles. The Labute approximate surface area is 105 Å². The van der Waals surface area contributed by atoms with Crippen molar-refractivity contribution in [2.24, 2.45) is 0 Å². The summed E-state index contributed by atoms with van der Waals surface area (Å²) in [4.78, 5) is 12.8. The van der Waals surface area contributed by atoms with E-state index in [0.29, 0.717) is 5.69 Å². The Morgan fingerprint density at radius 1 is 1.33 bits per heavy atom. The van der Waals surface area contributed by atoms with E-state index in [-0.39, 0.29) is 5.69 Å². The second kappa shape index (κ2) is 4.52. The number of anilines is 1. The quantitative estimate of drug-likeness (QED) is 0.869. The van der Waals surface area contributed by atoms with E-state index in [1.807, 2.05) is 44.1 Å². The zero-order valence-electron chi connectivity index (χ0n) is 10.6. The molecule has 0 aliphatic rings. The minimum atomic E-state index is -1.01. The van der Waals surface area contributed by atoms with E-state index in [2.05, 4.69) is 10.2 Å². The van der Waals surface area contributed by atoms with Gasteiger partial charge in [-0.25, -0.2) is 4.79 Å². The lowest BCUT2D eigenvalue weighted by Gasteiger charge is -2.16. The number of hydrogen-bond donors (Lipinski definition) is 2. The molecule has 1 heterocycles. The number of aryl methyl sites for hydroxylation is 1. The van der Waals surface area contributed by atoms with Gasteiger partial charge in [-0.1, -0.05) is 12.1 Å². The SMILES string of the molecule is Cc1ccc(-c2cc(C(=O)O)[nH]n2)cc1N(C)C. The lowest BCUT2D eigenvalue weighted by atomic mass is 10.1. The molecule has 0 saturated heterocycles. The van der Waals surface area contributed by atoms with Gasteiger partial charge in [-0.2, -0.15) is 5.10 Å². The number of carbonyl (C=O) groups is 1. The lowest BCUT2D eigenvalue weighted by molar-refractivity contribution is 0.0690. The van der Waals surface area contributed by atoms with Gasteiger partial charge in [-0.05, 0) is 24.6 Å². The molecule has 2 aromatic rings. The molecule has 2 N–H and O–H groups in total. The molecule has 1 aromatic heterocycles. The normalized spacial score (nSPS) is 10.4. The lowest BCUT2D eigenvalue weighted by Crippen LogP contribution is -2.10. The third-order valence-electron chi connectivity index (χ3n) is 2.79. The Kier molecular flexibility index (Phi) is 3.06. The fraction of sp³-hybridized carbons (Fsp3) is 0.231. The molecule has 0 fully saturated rings. The van der Waals surface area contributed by atoms with Crippen LogP contribution in [0.3, 0.4) is 0 Å². The van der Waals surface area contributed by atoms with Crippen molar-refractivity contribution >= 4 is 11.7 Å². The highest BCUT2D eigenvalue weighted by atomic mass is 16.4. The number of aromatic nitrogens is 2. The molecule has 0 radical (unpaired) electrons. The van der Waals surface area contributed by atoms with Gasteiger partial charge in [0.1, 0.15) is 5.69 Å². The van der Waals surface area contributed by atoms with Crippen LogP contribution < -0.4 is 4.90 Å². The van der Waals surface area contributed by atoms with Crippen molar-refractivity contribution in [1.82, 2.24) is 10.2 Å². The van der Waals surface area contributed by atoms with E-state index in [4.69, 9.17) is 5.11 Å². The maximum absolute atomic E-state index is 10.8. The van der Waals surface area contributed by atoms with Crippen LogP contribution in [-0.2, 0) is 0 Å². The zero-order chi connectivity index (χ0) is 13.3. The second-order valence-corrected chi connectivity index (χ2v) is 4.37. The first-order chi connectivity index (χ1) is 8.49. The molecule has 5 heteroatoms. The third-order valence-corrected chi connectivity index (χ3v) is 2.79. The summed E-state index contributed by atoms with van der Waals surface area (Å²) >= 11 is 0. The van der Waals surface area contributed by atoms with Crippen molar-refractivity contribution in [2.75, 3.05) is 19.0 Å². The number of aromatic amines is 1. The van der Waals surface area contributed by atoms with Crippen LogP contribution in [0.1, 0.15) is 16.1 Å². The maximum atomic E-state index is 10.8. The Hall–Kier alpha value is -2.30. The number of carboxylic acid groups (broad SMARTS) is 1. The number of benzene rings is 1. The summed E-state index contributed by atoms with van der Waals surface area (Å²) in [5, 5.41) is 15.4. The van der Waals surface area contributed by atoms with Gasteiger partial charge in [0.15, 0.2) is 0 Å². The van der Waals surface area contributed by atoms with Crippen LogP contribution in [0.25, 0.3) is 11.3 Å². The van der Waals surface area contributed by atoms with E-state index >= 15 is 0 Å². The molecule has 0 aliphatic heterocycles. The standard InChI is InChI=1S/C13H15N3O2/c1-8-4-5-9(6-12(8)16(2)3)10-7-11(13(17)18)15-14-10/h4-7H,1-3H3,(H,14,15)(H,17,18). The highest BCUT2D eigenvalue weighted by Gasteiger charge is 2.10. The zero-order valence-corrected chi connectivity index (χ0v) is 10.6. The number of rotatable bonds is 3. The van der Waals surface area contributed by atoms with Crippen LogP contribution in [0, 0.1) is 6.92 Å². The minimum absolute atomic E-state index is 0.0944. The summed E-state index contributed by atoms with van der Waals surface area (Å²) in [5.41, 5.74) is 3.88. The molecule has 0 unspecified atom stereocenters. The Morgan fingerprint density at radius 2 is 2.06 bits per heavy atom. The number of aromatic carboxylic acids is 1. The van der Waals surface area contributed by atoms with Crippen molar-refractivity contribution in [3.05, 3.63) is 35.5 Å². The molecule has 0 amide bonds. The van der Waals surface area contributed by atoms with Gasteiger partial charge < -0.3 is 10.0 Å². The number of carboxylic acids is 1. The topological polar surface area (TPSA) is 69.2 Å². The fourth-order valence-corrected chi connectivity index (χ4v) is 1.83. The molecule has 0 saturated carbocycles. The van der Waals surface area contributed by atoms with Crippen LogP contribution >= 0.6 is 0 Å². The average Bonchev–Trinajstić information content (AvgIpc) is 2.78. The Balaban J connectivity index is 2.44. The predicted octanol–water partition coefficient (Wildman–Crippen LogP) is 2.15. The first-order valence-corrected chi connectivity index (χ1v) is 5.56. The maximum Gasteiger partial charge on any atom is 0.353 e. The minimum Gasteiger partial charge on any atom is -0.477 e. The van der Waals surface area contributed by atoms with Crippen molar-refractivity contribution in [1.29, 1.82) is 0 Å². The Morgan fingerprint density at radius 3 is 2.61 bits per heavy atom. The summed E-state index contributed by atoms with van der Waals surface area (Å²) in [6, 6.07) is 7.47. The summed E-state index contributed by atoms with van der Waals surface area (Å²) in [5.74, 6) is -1.01. The van der Waals surface area contributed by atoms with Gasteiger partial charge in [-0.15, -0.1) is 0 Å². The van der Waals surface area contributed by atoms with Gasteiger partial charge in [-0.3, -0.25) is 5.10 Å². The summed E-state index contributed by atoms with van der Waals surface area (Å²) in [6.07, 6.45) is 0. The number of H-pyrrole nitrogens is 1. The largest absolute Gasteiger partial charge is 0.477 e. The van der Waals surface area contributed by atoms with Gasteiger partial charge in [0.2, 0.25) is 0 Å². The average molecular weight is 245 g/mol. The van der Waals surface area contributed by atoms with Crippen molar-refractivity contribution < 1.29 is 9.90 Å². The molecular formula is C13H15N3O2. The van der Waals surface area contributed by atoms with Crippen LogP contribution in [0.4, 0.5) is 5.69 Å². The molecule has 18 heavy (non-hydrogen) atoms. The highest BCUT2D eigenvalue weighted by molar-refractivity contribution is 5.87. The second-order valence-electron chi connectivity index (χ2n) is 4.37. The number of nitrogens with zero attached hydrogens (tertiary/aromatic N) is 2. The van der Waals surface area contributed by atoms with Gasteiger partial charge in [0.05, 0.1) is 5.69 Å². The van der Waals surface area contributed by atoms with Crippen molar-refractivity contribution in [3.63, 3.8) is 0 Å². The van der Waals surface area contributed by atoms with Crippen LogP contribution in [0.15, 0.2) is 24.3 Å². The van der Waals surface area contributed by atoms with Crippen molar-refractivity contribution in [2.45, 2.75) is 6.92 Å². The first-order valence-electron chi connectivity index (χ1n) is 5.56. The molecule has 0 spiro atoms.